The average Bonchev–Trinajstić information content (AvgIpc) is 2.72. The number of amides is 1. The van der Waals surface area contributed by atoms with E-state index < -0.39 is 0 Å². The molecule has 2 aromatic rings. The van der Waals surface area contributed by atoms with E-state index in [1.54, 1.807) is 7.11 Å². The largest absolute Gasteiger partial charge is 0.497 e. The molecule has 1 amide bonds. The number of fused-ring (bicyclic) bond motifs is 1. The zero-order valence-electron chi connectivity index (χ0n) is 16.0. The molecule has 0 saturated carbocycles. The van der Waals surface area contributed by atoms with Crippen LogP contribution in [0.4, 0.5) is 0 Å². The first-order valence-electron chi connectivity index (χ1n) is 9.45. The number of hydrogen-bond acceptors (Lipinski definition) is 4. The minimum absolute atomic E-state index is 0.0835. The fourth-order valence-corrected chi connectivity index (χ4v) is 3.10. The number of nitrogens with one attached hydrogen (secondary N) is 1. The van der Waals surface area contributed by atoms with Crippen molar-refractivity contribution in [3.63, 3.8) is 0 Å². The summed E-state index contributed by atoms with van der Waals surface area (Å²) in [6.45, 7) is 4.02. The van der Waals surface area contributed by atoms with Crippen molar-refractivity contribution in [2.45, 2.75) is 32.1 Å². The van der Waals surface area contributed by atoms with Gasteiger partial charge in [-0.2, -0.15) is 0 Å². The number of rotatable bonds is 8. The van der Waals surface area contributed by atoms with Crippen LogP contribution in [0.3, 0.4) is 0 Å². The molecular weight excluding hydrogens is 342 g/mol. The van der Waals surface area contributed by atoms with Crippen LogP contribution in [0, 0.1) is 0 Å². The standard InChI is InChI=1S/C22H27NO4/c1-16(18-6-9-20-21(15-18)27-14-13-26-20)11-12-23-22(24)10-5-17-3-7-19(25-2)8-4-17/h3-4,6-9,15-16H,5,10-14H2,1-2H3,(H,23,24). The first-order chi connectivity index (χ1) is 13.2. The molecule has 0 saturated heterocycles. The van der Waals surface area contributed by atoms with E-state index in [9.17, 15) is 4.79 Å². The van der Waals surface area contributed by atoms with Gasteiger partial charge >= 0.3 is 0 Å². The number of aryl methyl sites for hydroxylation is 1. The second kappa shape index (κ2) is 9.31. The van der Waals surface area contributed by atoms with E-state index in [-0.39, 0.29) is 5.91 Å². The van der Waals surface area contributed by atoms with Crippen LogP contribution in [-0.4, -0.2) is 32.8 Å². The number of benzene rings is 2. The highest BCUT2D eigenvalue weighted by atomic mass is 16.6. The number of carbonyl (C=O) groups is 1. The Morgan fingerprint density at radius 3 is 2.59 bits per heavy atom. The molecule has 1 aliphatic rings. The third-order valence-electron chi connectivity index (χ3n) is 4.83. The third-order valence-corrected chi connectivity index (χ3v) is 4.83. The summed E-state index contributed by atoms with van der Waals surface area (Å²) in [7, 11) is 1.65. The van der Waals surface area contributed by atoms with Gasteiger partial charge in [-0.3, -0.25) is 4.79 Å². The second-order valence-corrected chi connectivity index (χ2v) is 6.79. The summed E-state index contributed by atoms with van der Waals surface area (Å²) in [5.74, 6) is 2.87. The minimum Gasteiger partial charge on any atom is -0.497 e. The molecule has 0 aliphatic carbocycles. The summed E-state index contributed by atoms with van der Waals surface area (Å²) in [6.07, 6.45) is 2.10. The Bertz CT molecular complexity index is 757. The smallest absolute Gasteiger partial charge is 0.220 e. The van der Waals surface area contributed by atoms with Crippen LogP contribution in [0.15, 0.2) is 42.5 Å². The molecular formula is C22H27NO4. The van der Waals surface area contributed by atoms with Crippen LogP contribution in [-0.2, 0) is 11.2 Å². The molecule has 0 spiro atoms. The van der Waals surface area contributed by atoms with Crippen LogP contribution >= 0.6 is 0 Å². The van der Waals surface area contributed by atoms with Crippen LogP contribution in [0.2, 0.25) is 0 Å². The molecule has 5 nitrogen and oxygen atoms in total. The quantitative estimate of drug-likeness (QED) is 0.771. The summed E-state index contributed by atoms with van der Waals surface area (Å²) in [6, 6.07) is 13.9. The van der Waals surface area contributed by atoms with Gasteiger partial charge in [0.15, 0.2) is 11.5 Å². The summed E-state index contributed by atoms with van der Waals surface area (Å²) < 4.78 is 16.3. The Morgan fingerprint density at radius 2 is 1.85 bits per heavy atom. The first-order valence-corrected chi connectivity index (χ1v) is 9.45. The molecule has 144 valence electrons. The Hall–Kier alpha value is -2.69. The molecule has 2 aromatic carbocycles. The molecule has 0 radical (unpaired) electrons. The van der Waals surface area contributed by atoms with Gasteiger partial charge in [0.2, 0.25) is 5.91 Å². The van der Waals surface area contributed by atoms with Gasteiger partial charge in [-0.1, -0.05) is 25.1 Å². The number of ether oxygens (including phenoxy) is 3. The van der Waals surface area contributed by atoms with Crippen molar-refractivity contribution >= 4 is 5.91 Å². The molecule has 1 heterocycles. The van der Waals surface area contributed by atoms with Crippen molar-refractivity contribution in [2.24, 2.45) is 0 Å². The van der Waals surface area contributed by atoms with Crippen LogP contribution in [0.25, 0.3) is 0 Å². The molecule has 0 aromatic heterocycles. The Kier molecular flexibility index (Phi) is 6.58. The zero-order valence-corrected chi connectivity index (χ0v) is 16.0. The van der Waals surface area contributed by atoms with E-state index in [0.717, 1.165) is 35.7 Å². The molecule has 0 bridgehead atoms. The van der Waals surface area contributed by atoms with Gasteiger partial charge in [0.1, 0.15) is 19.0 Å². The van der Waals surface area contributed by atoms with Gasteiger partial charge in [0.25, 0.3) is 0 Å². The number of carbonyl (C=O) groups excluding carboxylic acids is 1. The van der Waals surface area contributed by atoms with E-state index in [1.807, 2.05) is 36.4 Å². The van der Waals surface area contributed by atoms with Crippen molar-refractivity contribution in [2.75, 3.05) is 26.9 Å². The monoisotopic (exact) mass is 369 g/mol. The normalized spacial score (nSPS) is 13.7. The lowest BCUT2D eigenvalue weighted by molar-refractivity contribution is -0.121. The minimum atomic E-state index is 0.0835. The highest BCUT2D eigenvalue weighted by molar-refractivity contribution is 5.76. The van der Waals surface area contributed by atoms with E-state index in [1.165, 1.54) is 5.56 Å². The number of hydrogen-bond donors (Lipinski definition) is 1. The van der Waals surface area contributed by atoms with Crippen molar-refractivity contribution in [1.29, 1.82) is 0 Å². The lowest BCUT2D eigenvalue weighted by atomic mass is 9.97. The lowest BCUT2D eigenvalue weighted by Gasteiger charge is -2.20. The summed E-state index contributed by atoms with van der Waals surface area (Å²) >= 11 is 0. The maximum atomic E-state index is 12.1. The third kappa shape index (κ3) is 5.39. The molecule has 3 rings (SSSR count). The SMILES string of the molecule is COc1ccc(CCC(=O)NCCC(C)c2ccc3c(c2)OCCO3)cc1. The highest BCUT2D eigenvalue weighted by Crippen LogP contribution is 2.33. The van der Waals surface area contributed by atoms with Crippen molar-refractivity contribution < 1.29 is 19.0 Å². The van der Waals surface area contributed by atoms with Gasteiger partial charge in [0.05, 0.1) is 7.11 Å². The predicted molar refractivity (Wildman–Crippen MR) is 105 cm³/mol. The molecule has 27 heavy (non-hydrogen) atoms. The molecule has 5 heteroatoms. The van der Waals surface area contributed by atoms with Crippen molar-refractivity contribution in [3.8, 4) is 17.2 Å². The zero-order chi connectivity index (χ0) is 19.1. The first kappa shape index (κ1) is 19.1. The van der Waals surface area contributed by atoms with Crippen molar-refractivity contribution in [3.05, 3.63) is 53.6 Å². The predicted octanol–water partition coefficient (Wildman–Crippen LogP) is 3.71. The molecule has 0 fully saturated rings. The van der Waals surface area contributed by atoms with E-state index >= 15 is 0 Å². The Morgan fingerprint density at radius 1 is 1.11 bits per heavy atom. The maximum absolute atomic E-state index is 12.1. The highest BCUT2D eigenvalue weighted by Gasteiger charge is 2.14. The lowest BCUT2D eigenvalue weighted by Crippen LogP contribution is -2.25. The molecule has 1 aliphatic heterocycles. The van der Waals surface area contributed by atoms with Gasteiger partial charge in [-0.25, -0.2) is 0 Å². The molecule has 1 unspecified atom stereocenters. The Labute approximate surface area is 160 Å². The molecule has 1 atom stereocenters. The fourth-order valence-electron chi connectivity index (χ4n) is 3.10. The summed E-state index contributed by atoms with van der Waals surface area (Å²) in [5.41, 5.74) is 2.34. The van der Waals surface area contributed by atoms with E-state index in [0.29, 0.717) is 32.1 Å². The van der Waals surface area contributed by atoms with Crippen molar-refractivity contribution in [1.82, 2.24) is 5.32 Å². The van der Waals surface area contributed by atoms with Crippen LogP contribution < -0.4 is 19.5 Å². The van der Waals surface area contributed by atoms with Gasteiger partial charge in [0, 0.05) is 13.0 Å². The molecule has 1 N–H and O–H groups in total. The summed E-state index contributed by atoms with van der Waals surface area (Å²) in [4.78, 5) is 12.1. The van der Waals surface area contributed by atoms with Crippen LogP contribution in [0.5, 0.6) is 17.2 Å². The number of methoxy groups -OCH3 is 1. The van der Waals surface area contributed by atoms with E-state index in [4.69, 9.17) is 14.2 Å². The van der Waals surface area contributed by atoms with Gasteiger partial charge < -0.3 is 19.5 Å². The van der Waals surface area contributed by atoms with E-state index in [2.05, 4.69) is 18.3 Å². The average molecular weight is 369 g/mol. The second-order valence-electron chi connectivity index (χ2n) is 6.79. The maximum Gasteiger partial charge on any atom is 0.220 e. The summed E-state index contributed by atoms with van der Waals surface area (Å²) in [5, 5.41) is 3.02. The van der Waals surface area contributed by atoms with Gasteiger partial charge in [-0.15, -0.1) is 0 Å². The van der Waals surface area contributed by atoms with Crippen LogP contribution in [0.1, 0.15) is 36.8 Å². The fraction of sp³-hybridized carbons (Fsp3) is 0.409. The topological polar surface area (TPSA) is 56.8 Å². The van der Waals surface area contributed by atoms with Gasteiger partial charge in [-0.05, 0) is 54.2 Å². The Balaban J connectivity index is 1.40.